The minimum Gasteiger partial charge on any atom is -0.322 e. The number of likely N-dealkylation sites (tertiary alicyclic amines) is 1. The molecule has 0 saturated carbocycles. The second-order valence-corrected chi connectivity index (χ2v) is 7.80. The fourth-order valence-electron chi connectivity index (χ4n) is 3.83. The highest BCUT2D eigenvalue weighted by atomic mass is 19.1. The molecule has 1 saturated heterocycles. The Morgan fingerprint density at radius 2 is 2.09 bits per heavy atom. The molecule has 4 aromatic rings. The first kappa shape index (κ1) is 20.0. The van der Waals surface area contributed by atoms with E-state index in [9.17, 15) is 13.6 Å². The number of hydrogen-bond donors (Lipinski definition) is 1. The maximum Gasteiger partial charge on any atom is 0.321 e. The van der Waals surface area contributed by atoms with Gasteiger partial charge in [-0.1, -0.05) is 6.07 Å². The van der Waals surface area contributed by atoms with Crippen LogP contribution in [0.2, 0.25) is 0 Å². The fraction of sp³-hybridized carbons (Fsp3) is 0.217. The predicted molar refractivity (Wildman–Crippen MR) is 116 cm³/mol. The molecule has 1 N–H and O–H groups in total. The number of alkyl halides is 1. The second-order valence-electron chi connectivity index (χ2n) is 7.80. The Kier molecular flexibility index (Phi) is 5.01. The van der Waals surface area contributed by atoms with Crippen LogP contribution in [-0.2, 0) is 0 Å². The van der Waals surface area contributed by atoms with Gasteiger partial charge < -0.3 is 10.2 Å². The Morgan fingerprint density at radius 1 is 1.22 bits per heavy atom. The fourth-order valence-corrected chi connectivity index (χ4v) is 3.83. The Balaban J connectivity index is 1.45. The highest BCUT2D eigenvalue weighted by Crippen LogP contribution is 2.27. The molecule has 3 aromatic heterocycles. The summed E-state index contributed by atoms with van der Waals surface area (Å²) >= 11 is 0. The van der Waals surface area contributed by atoms with E-state index < -0.39 is 18.0 Å². The van der Waals surface area contributed by atoms with Crippen molar-refractivity contribution in [3.63, 3.8) is 0 Å². The zero-order valence-electron chi connectivity index (χ0n) is 17.3. The van der Waals surface area contributed by atoms with Crippen LogP contribution in [0.25, 0.3) is 28.3 Å². The summed E-state index contributed by atoms with van der Waals surface area (Å²) < 4.78 is 29.7. The molecule has 9 heteroatoms. The zero-order chi connectivity index (χ0) is 22.2. The van der Waals surface area contributed by atoms with Crippen molar-refractivity contribution in [2.75, 3.05) is 18.4 Å². The smallest absolute Gasteiger partial charge is 0.321 e. The van der Waals surface area contributed by atoms with E-state index in [1.165, 1.54) is 23.1 Å². The molecule has 2 amide bonds. The van der Waals surface area contributed by atoms with Crippen LogP contribution in [0.3, 0.4) is 0 Å². The summed E-state index contributed by atoms with van der Waals surface area (Å²) in [6, 6.07) is 7.69. The molecule has 1 aliphatic heterocycles. The van der Waals surface area contributed by atoms with Crippen LogP contribution < -0.4 is 5.32 Å². The third-order valence-corrected chi connectivity index (χ3v) is 5.50. The number of anilines is 1. The van der Waals surface area contributed by atoms with E-state index in [1.807, 2.05) is 25.3 Å². The number of urea groups is 1. The van der Waals surface area contributed by atoms with Gasteiger partial charge in [0.25, 0.3) is 0 Å². The molecule has 162 valence electrons. The van der Waals surface area contributed by atoms with Crippen molar-refractivity contribution < 1.29 is 13.6 Å². The summed E-state index contributed by atoms with van der Waals surface area (Å²) in [5.74, 6) is -0.0607. The zero-order valence-corrected chi connectivity index (χ0v) is 17.3. The van der Waals surface area contributed by atoms with Crippen LogP contribution >= 0.6 is 0 Å². The first-order valence-corrected chi connectivity index (χ1v) is 10.2. The number of amides is 2. The van der Waals surface area contributed by atoms with Crippen LogP contribution in [0, 0.1) is 12.7 Å². The molecule has 1 fully saturated rings. The number of nitrogens with zero attached hydrogens (tertiary/aromatic N) is 5. The Bertz CT molecular complexity index is 1320. The first-order valence-electron chi connectivity index (χ1n) is 10.2. The van der Waals surface area contributed by atoms with Crippen molar-refractivity contribution in [2.45, 2.75) is 19.5 Å². The summed E-state index contributed by atoms with van der Waals surface area (Å²) in [5.41, 5.74) is 3.66. The number of benzene rings is 1. The average molecular weight is 434 g/mol. The number of aromatic nitrogens is 4. The van der Waals surface area contributed by atoms with E-state index in [4.69, 9.17) is 0 Å². The predicted octanol–water partition coefficient (Wildman–Crippen LogP) is 4.48. The molecule has 4 heterocycles. The topological polar surface area (TPSA) is 75.4 Å². The largest absolute Gasteiger partial charge is 0.322 e. The molecule has 1 aliphatic rings. The molecule has 0 bridgehead atoms. The Morgan fingerprint density at radius 3 is 2.88 bits per heavy atom. The van der Waals surface area contributed by atoms with Gasteiger partial charge >= 0.3 is 6.03 Å². The van der Waals surface area contributed by atoms with Crippen molar-refractivity contribution in [2.24, 2.45) is 0 Å². The average Bonchev–Trinajstić information content (AvgIpc) is 3.41. The molecule has 32 heavy (non-hydrogen) atoms. The Hall–Kier alpha value is -3.88. The monoisotopic (exact) mass is 434 g/mol. The molecule has 7 nitrogen and oxygen atoms in total. The van der Waals surface area contributed by atoms with Gasteiger partial charge in [0.15, 0.2) is 0 Å². The molecule has 1 unspecified atom stereocenters. The summed E-state index contributed by atoms with van der Waals surface area (Å²) in [6.45, 7) is 2.39. The number of nitrogens with one attached hydrogen (secondary N) is 1. The third kappa shape index (κ3) is 3.77. The minimum atomic E-state index is -1.00. The molecule has 0 aliphatic carbocycles. The maximum atomic E-state index is 14.6. The van der Waals surface area contributed by atoms with E-state index in [2.05, 4.69) is 20.3 Å². The van der Waals surface area contributed by atoms with Crippen LogP contribution in [0.15, 0.2) is 55.1 Å². The summed E-state index contributed by atoms with van der Waals surface area (Å²) in [4.78, 5) is 27.0. The van der Waals surface area contributed by atoms with Crippen LogP contribution in [-0.4, -0.2) is 49.5 Å². The highest BCUT2D eigenvalue weighted by Gasteiger charge is 2.26. The molecule has 5 rings (SSSR count). The minimum absolute atomic E-state index is 0.0655. The van der Waals surface area contributed by atoms with E-state index in [0.29, 0.717) is 30.1 Å². The number of hydrogen-bond acceptors (Lipinski definition) is 4. The summed E-state index contributed by atoms with van der Waals surface area (Å²) in [5, 5.41) is 2.71. The maximum absolute atomic E-state index is 14.6. The van der Waals surface area contributed by atoms with E-state index in [1.54, 1.807) is 23.0 Å². The third-order valence-electron chi connectivity index (χ3n) is 5.50. The quantitative estimate of drug-likeness (QED) is 0.516. The standard InChI is InChI=1S/C23H20F2N6O/c1-14-3-2-7-26-21(14)15-10-27-22-29-20(13-31(22)11-15)18-9-17(4-5-19(18)25)28-23(32)30-8-6-16(24)12-30/h2-5,7,9-11,13,16H,6,8,12H2,1H3,(H,28,32). The van der Waals surface area contributed by atoms with E-state index in [-0.39, 0.29) is 12.1 Å². The number of halogens is 2. The van der Waals surface area contributed by atoms with Crippen molar-refractivity contribution in [3.8, 4) is 22.5 Å². The SMILES string of the molecule is Cc1cccnc1-c1cnc2nc(-c3cc(NC(=O)N4CCC(F)C4)ccc3F)cn2c1. The van der Waals surface area contributed by atoms with Gasteiger partial charge in [-0.25, -0.2) is 23.5 Å². The van der Waals surface area contributed by atoms with E-state index >= 15 is 0 Å². The van der Waals surface area contributed by atoms with Gasteiger partial charge in [-0.05, 0) is 43.2 Å². The molecule has 0 radical (unpaired) electrons. The van der Waals surface area contributed by atoms with Gasteiger partial charge in [0.05, 0.1) is 17.9 Å². The molecule has 0 spiro atoms. The molecule has 1 aromatic carbocycles. The number of carbonyl (C=O) groups excluding carboxylic acids is 1. The second kappa shape index (κ2) is 7.99. The first-order chi connectivity index (χ1) is 15.5. The van der Waals surface area contributed by atoms with Crippen LogP contribution in [0.4, 0.5) is 19.3 Å². The summed E-state index contributed by atoms with van der Waals surface area (Å²) in [7, 11) is 0. The van der Waals surface area contributed by atoms with Crippen molar-refractivity contribution in [1.82, 2.24) is 24.3 Å². The van der Waals surface area contributed by atoms with Gasteiger partial charge in [0.1, 0.15) is 12.0 Å². The lowest BCUT2D eigenvalue weighted by molar-refractivity contribution is 0.218. The number of fused-ring (bicyclic) bond motifs is 1. The lowest BCUT2D eigenvalue weighted by Crippen LogP contribution is -2.33. The lowest BCUT2D eigenvalue weighted by atomic mass is 10.1. The number of imidazole rings is 1. The number of rotatable bonds is 3. The van der Waals surface area contributed by atoms with Gasteiger partial charge in [0.2, 0.25) is 5.78 Å². The van der Waals surface area contributed by atoms with E-state index in [0.717, 1.165) is 16.8 Å². The van der Waals surface area contributed by atoms with Crippen molar-refractivity contribution in [3.05, 3.63) is 66.5 Å². The van der Waals surface area contributed by atoms with Gasteiger partial charge in [-0.15, -0.1) is 0 Å². The van der Waals surface area contributed by atoms with Gasteiger partial charge in [0, 0.05) is 48.1 Å². The van der Waals surface area contributed by atoms with Gasteiger partial charge in [-0.3, -0.25) is 9.38 Å². The normalized spacial score (nSPS) is 16.0. The van der Waals surface area contributed by atoms with Gasteiger partial charge in [-0.2, -0.15) is 0 Å². The summed E-state index contributed by atoms with van der Waals surface area (Å²) in [6.07, 6.45) is 6.26. The number of aryl methyl sites for hydroxylation is 1. The van der Waals surface area contributed by atoms with Crippen LogP contribution in [0.1, 0.15) is 12.0 Å². The van der Waals surface area contributed by atoms with Crippen molar-refractivity contribution in [1.29, 1.82) is 0 Å². The Labute approximate surface area is 182 Å². The number of pyridine rings is 1. The van der Waals surface area contributed by atoms with Crippen LogP contribution in [0.5, 0.6) is 0 Å². The van der Waals surface area contributed by atoms with Crippen molar-refractivity contribution >= 4 is 17.5 Å². The lowest BCUT2D eigenvalue weighted by Gasteiger charge is -2.16. The number of carbonyl (C=O) groups is 1. The molecular formula is C23H20F2N6O. The highest BCUT2D eigenvalue weighted by molar-refractivity contribution is 5.90. The molecule has 1 atom stereocenters. The molecular weight excluding hydrogens is 414 g/mol.